The standard InChI is InChI=1S/C14H17FN2O3/c1-14(15)6-11(7-14)17-13(20)16-8-9-2-4-10(5-3-9)12(18)19/h2-5,11H,6-8H2,1H3,(H,18,19)(H2,16,17,20). The molecule has 1 fully saturated rings. The van der Waals surface area contributed by atoms with Gasteiger partial charge in [0.1, 0.15) is 5.67 Å². The summed E-state index contributed by atoms with van der Waals surface area (Å²) in [7, 11) is 0. The minimum atomic E-state index is -1.16. The van der Waals surface area contributed by atoms with Crippen LogP contribution >= 0.6 is 0 Å². The van der Waals surface area contributed by atoms with Crippen molar-refractivity contribution in [1.82, 2.24) is 10.6 Å². The van der Waals surface area contributed by atoms with Crippen molar-refractivity contribution in [3.63, 3.8) is 0 Å². The molecule has 2 rings (SSSR count). The number of carbonyl (C=O) groups is 2. The van der Waals surface area contributed by atoms with Gasteiger partial charge in [-0.05, 0) is 24.6 Å². The monoisotopic (exact) mass is 280 g/mol. The van der Waals surface area contributed by atoms with E-state index in [1.54, 1.807) is 12.1 Å². The van der Waals surface area contributed by atoms with Crippen molar-refractivity contribution < 1.29 is 19.1 Å². The van der Waals surface area contributed by atoms with Crippen molar-refractivity contribution in [1.29, 1.82) is 0 Å². The number of carbonyl (C=O) groups excluding carboxylic acids is 1. The molecule has 1 aromatic carbocycles. The lowest BCUT2D eigenvalue weighted by atomic mass is 9.79. The van der Waals surface area contributed by atoms with E-state index in [1.807, 2.05) is 0 Å². The molecule has 1 aliphatic carbocycles. The van der Waals surface area contributed by atoms with Gasteiger partial charge in [0.15, 0.2) is 0 Å². The van der Waals surface area contributed by atoms with E-state index in [0.29, 0.717) is 19.4 Å². The maximum absolute atomic E-state index is 13.2. The van der Waals surface area contributed by atoms with E-state index in [-0.39, 0.29) is 17.6 Å². The highest BCUT2D eigenvalue weighted by Gasteiger charge is 2.41. The number of halogens is 1. The number of benzene rings is 1. The Labute approximate surface area is 116 Å². The number of carboxylic acid groups (broad SMARTS) is 1. The summed E-state index contributed by atoms with van der Waals surface area (Å²) in [6, 6.07) is 5.81. The first kappa shape index (κ1) is 14.3. The van der Waals surface area contributed by atoms with Gasteiger partial charge < -0.3 is 15.7 Å². The number of amides is 2. The fraction of sp³-hybridized carbons (Fsp3) is 0.429. The van der Waals surface area contributed by atoms with Crippen LogP contribution in [0.4, 0.5) is 9.18 Å². The largest absolute Gasteiger partial charge is 0.478 e. The van der Waals surface area contributed by atoms with Crippen LogP contribution in [0.3, 0.4) is 0 Å². The van der Waals surface area contributed by atoms with E-state index in [2.05, 4.69) is 10.6 Å². The number of aromatic carboxylic acids is 1. The number of nitrogens with one attached hydrogen (secondary N) is 2. The summed E-state index contributed by atoms with van der Waals surface area (Å²) < 4.78 is 13.2. The number of rotatable bonds is 4. The van der Waals surface area contributed by atoms with Gasteiger partial charge in [-0.2, -0.15) is 0 Å². The molecule has 1 aliphatic rings. The second kappa shape index (κ2) is 5.48. The van der Waals surface area contributed by atoms with Gasteiger partial charge in [-0.15, -0.1) is 0 Å². The van der Waals surface area contributed by atoms with E-state index in [4.69, 9.17) is 5.11 Å². The Morgan fingerprint density at radius 1 is 1.35 bits per heavy atom. The molecule has 0 atom stereocenters. The molecule has 3 N–H and O–H groups in total. The van der Waals surface area contributed by atoms with Crippen molar-refractivity contribution in [3.05, 3.63) is 35.4 Å². The van der Waals surface area contributed by atoms with Crippen molar-refractivity contribution in [2.45, 2.75) is 38.0 Å². The first-order valence-electron chi connectivity index (χ1n) is 6.41. The van der Waals surface area contributed by atoms with Gasteiger partial charge in [-0.1, -0.05) is 12.1 Å². The third-order valence-electron chi connectivity index (χ3n) is 3.33. The van der Waals surface area contributed by atoms with Crippen LogP contribution < -0.4 is 10.6 Å². The summed E-state index contributed by atoms with van der Waals surface area (Å²) in [4.78, 5) is 22.2. The van der Waals surface area contributed by atoms with E-state index in [9.17, 15) is 14.0 Å². The zero-order chi connectivity index (χ0) is 14.8. The van der Waals surface area contributed by atoms with Crippen LogP contribution in [-0.4, -0.2) is 28.8 Å². The number of hydrogen-bond donors (Lipinski definition) is 3. The molecule has 0 aliphatic heterocycles. The Kier molecular flexibility index (Phi) is 3.92. The average Bonchev–Trinajstić information content (AvgIpc) is 2.34. The second-order valence-corrected chi connectivity index (χ2v) is 5.35. The van der Waals surface area contributed by atoms with Gasteiger partial charge in [0, 0.05) is 25.4 Å². The van der Waals surface area contributed by atoms with Gasteiger partial charge in [0.05, 0.1) is 5.56 Å². The molecule has 0 unspecified atom stereocenters. The lowest BCUT2D eigenvalue weighted by Crippen LogP contribution is -2.53. The van der Waals surface area contributed by atoms with Crippen LogP contribution in [0.5, 0.6) is 0 Å². The summed E-state index contributed by atoms with van der Waals surface area (Å²) in [5.41, 5.74) is -0.158. The molecule has 108 valence electrons. The van der Waals surface area contributed by atoms with E-state index in [1.165, 1.54) is 19.1 Å². The summed E-state index contributed by atoms with van der Waals surface area (Å²) in [6.45, 7) is 1.82. The normalized spacial score (nSPS) is 24.6. The van der Waals surface area contributed by atoms with Gasteiger partial charge in [-0.25, -0.2) is 14.0 Å². The lowest BCUT2D eigenvalue weighted by molar-refractivity contribution is 0.0525. The molecule has 1 saturated carbocycles. The number of alkyl halides is 1. The number of hydrogen-bond acceptors (Lipinski definition) is 2. The fourth-order valence-electron chi connectivity index (χ4n) is 2.25. The van der Waals surface area contributed by atoms with Crippen LogP contribution in [0, 0.1) is 0 Å². The van der Waals surface area contributed by atoms with Gasteiger partial charge in [0.25, 0.3) is 0 Å². The molecule has 2 amide bonds. The topological polar surface area (TPSA) is 78.4 Å². The Morgan fingerprint density at radius 2 is 1.95 bits per heavy atom. The fourth-order valence-corrected chi connectivity index (χ4v) is 2.25. The minimum absolute atomic E-state index is 0.112. The van der Waals surface area contributed by atoms with E-state index < -0.39 is 11.6 Å². The van der Waals surface area contributed by atoms with Crippen LogP contribution in [0.1, 0.15) is 35.7 Å². The number of urea groups is 1. The minimum Gasteiger partial charge on any atom is -0.478 e. The molecule has 6 heteroatoms. The van der Waals surface area contributed by atoms with Crippen molar-refractivity contribution in [2.75, 3.05) is 0 Å². The lowest BCUT2D eigenvalue weighted by Gasteiger charge is -2.38. The number of carboxylic acids is 1. The molecule has 0 bridgehead atoms. The molecule has 0 radical (unpaired) electrons. The predicted octanol–water partition coefficient (Wildman–Crippen LogP) is 2.07. The van der Waals surface area contributed by atoms with Crippen molar-refractivity contribution in [2.24, 2.45) is 0 Å². The second-order valence-electron chi connectivity index (χ2n) is 5.35. The zero-order valence-electron chi connectivity index (χ0n) is 11.1. The Morgan fingerprint density at radius 3 is 2.45 bits per heavy atom. The van der Waals surface area contributed by atoms with Gasteiger partial charge in [-0.3, -0.25) is 0 Å². The molecule has 20 heavy (non-hydrogen) atoms. The molecule has 0 heterocycles. The first-order chi connectivity index (χ1) is 9.35. The van der Waals surface area contributed by atoms with E-state index >= 15 is 0 Å². The Hall–Kier alpha value is -2.11. The van der Waals surface area contributed by atoms with Gasteiger partial charge in [0.2, 0.25) is 0 Å². The molecule has 0 spiro atoms. The summed E-state index contributed by atoms with van der Waals surface area (Å²) in [6.07, 6.45) is 0.682. The van der Waals surface area contributed by atoms with Gasteiger partial charge >= 0.3 is 12.0 Å². The molecule has 0 saturated heterocycles. The molecule has 5 nitrogen and oxygen atoms in total. The van der Waals surface area contributed by atoms with Crippen molar-refractivity contribution >= 4 is 12.0 Å². The van der Waals surface area contributed by atoms with Crippen LogP contribution in [-0.2, 0) is 6.54 Å². The summed E-state index contributed by atoms with van der Waals surface area (Å²) in [5.74, 6) is -0.985. The maximum Gasteiger partial charge on any atom is 0.335 e. The predicted molar refractivity (Wildman–Crippen MR) is 71.3 cm³/mol. The SMILES string of the molecule is CC1(F)CC(NC(=O)NCc2ccc(C(=O)O)cc2)C1. The maximum atomic E-state index is 13.2. The van der Waals surface area contributed by atoms with Crippen LogP contribution in [0.15, 0.2) is 24.3 Å². The Balaban J connectivity index is 1.74. The Bertz CT molecular complexity index is 506. The first-order valence-corrected chi connectivity index (χ1v) is 6.41. The van der Waals surface area contributed by atoms with Crippen LogP contribution in [0.25, 0.3) is 0 Å². The molecule has 0 aromatic heterocycles. The quantitative estimate of drug-likeness (QED) is 0.790. The average molecular weight is 280 g/mol. The highest BCUT2D eigenvalue weighted by molar-refractivity contribution is 5.87. The highest BCUT2D eigenvalue weighted by atomic mass is 19.1. The summed E-state index contributed by atoms with van der Waals surface area (Å²) >= 11 is 0. The molecular weight excluding hydrogens is 263 g/mol. The van der Waals surface area contributed by atoms with Crippen LogP contribution in [0.2, 0.25) is 0 Å². The highest BCUT2D eigenvalue weighted by Crippen LogP contribution is 2.35. The molecular formula is C14H17FN2O3. The van der Waals surface area contributed by atoms with Crippen molar-refractivity contribution in [3.8, 4) is 0 Å². The zero-order valence-corrected chi connectivity index (χ0v) is 11.1. The summed E-state index contributed by atoms with van der Waals surface area (Å²) in [5, 5.41) is 14.1. The molecule has 1 aromatic rings. The third kappa shape index (κ3) is 3.69. The third-order valence-corrected chi connectivity index (χ3v) is 3.33. The van der Waals surface area contributed by atoms with E-state index in [0.717, 1.165) is 5.56 Å². The smallest absolute Gasteiger partial charge is 0.335 e.